The number of hydrogen-bond donors (Lipinski definition) is 1. The van der Waals surface area contributed by atoms with Gasteiger partial charge in [0.25, 0.3) is 0 Å². The van der Waals surface area contributed by atoms with Crippen LogP contribution in [-0.2, 0) is 0 Å². The highest BCUT2D eigenvalue weighted by molar-refractivity contribution is 5.94. The molecule has 0 saturated carbocycles. The minimum Gasteiger partial charge on any atom is -0.478 e. The Balaban J connectivity index is 2.99. The zero-order valence-electron chi connectivity index (χ0n) is 12.1. The van der Waals surface area contributed by atoms with E-state index in [0.29, 0.717) is 5.92 Å². The highest BCUT2D eigenvalue weighted by Gasteiger charge is 2.17. The van der Waals surface area contributed by atoms with Crippen molar-refractivity contribution >= 4 is 11.7 Å². The first kappa shape index (κ1) is 15.4. The Hall–Kier alpha value is -1.62. The summed E-state index contributed by atoms with van der Waals surface area (Å²) in [7, 11) is 4.02. The largest absolute Gasteiger partial charge is 0.478 e. The van der Waals surface area contributed by atoms with Crippen LogP contribution in [0.1, 0.15) is 24.2 Å². The number of carbonyl (C=O) groups is 1. The molecule has 0 unspecified atom stereocenters. The molecule has 5 heteroatoms. The lowest BCUT2D eigenvalue weighted by Gasteiger charge is -2.29. The Morgan fingerprint density at radius 1 is 1.37 bits per heavy atom. The van der Waals surface area contributed by atoms with Gasteiger partial charge in [-0.25, -0.2) is 4.79 Å². The van der Waals surface area contributed by atoms with Crippen LogP contribution >= 0.6 is 0 Å². The summed E-state index contributed by atoms with van der Waals surface area (Å²) in [6, 6.07) is 1.78. The number of hydrogen-bond acceptors (Lipinski definition) is 4. The quantitative estimate of drug-likeness (QED) is 0.814. The van der Waals surface area contributed by atoms with Gasteiger partial charge in [0, 0.05) is 32.0 Å². The monoisotopic (exact) mass is 265 g/mol. The van der Waals surface area contributed by atoms with E-state index in [4.69, 9.17) is 0 Å². The van der Waals surface area contributed by atoms with Crippen molar-refractivity contribution in [2.24, 2.45) is 5.92 Å². The predicted molar refractivity (Wildman–Crippen MR) is 76.8 cm³/mol. The standard InChI is InChI=1S/C14H23N3O2/c1-11(2)10-17(8-7-16(3)4)13-5-6-15-9-12(13)14(18)19/h5-6,9,11H,7-8,10H2,1-4H3,(H,18,19). The molecule has 0 saturated heterocycles. The Labute approximate surface area is 114 Å². The molecule has 5 nitrogen and oxygen atoms in total. The van der Waals surface area contributed by atoms with Crippen molar-refractivity contribution in [1.82, 2.24) is 9.88 Å². The summed E-state index contributed by atoms with van der Waals surface area (Å²) < 4.78 is 0. The van der Waals surface area contributed by atoms with E-state index in [2.05, 4.69) is 28.6 Å². The van der Waals surface area contributed by atoms with Crippen molar-refractivity contribution in [2.75, 3.05) is 38.6 Å². The zero-order valence-corrected chi connectivity index (χ0v) is 12.1. The highest BCUT2D eigenvalue weighted by Crippen LogP contribution is 2.20. The molecule has 0 aliphatic rings. The van der Waals surface area contributed by atoms with Gasteiger partial charge in [-0.05, 0) is 26.1 Å². The molecule has 1 N–H and O–H groups in total. The van der Waals surface area contributed by atoms with E-state index in [1.54, 1.807) is 12.3 Å². The van der Waals surface area contributed by atoms with Crippen LogP contribution in [0.3, 0.4) is 0 Å². The molecule has 106 valence electrons. The summed E-state index contributed by atoms with van der Waals surface area (Å²) in [5.41, 5.74) is 1.01. The number of anilines is 1. The van der Waals surface area contributed by atoms with Crippen LogP contribution in [0, 0.1) is 5.92 Å². The molecule has 0 atom stereocenters. The molecular weight excluding hydrogens is 242 g/mol. The molecule has 1 rings (SSSR count). The number of pyridine rings is 1. The normalized spacial score (nSPS) is 11.1. The molecule has 0 amide bonds. The van der Waals surface area contributed by atoms with Gasteiger partial charge < -0.3 is 14.9 Å². The first-order chi connectivity index (χ1) is 8.91. The van der Waals surface area contributed by atoms with Crippen molar-refractivity contribution in [2.45, 2.75) is 13.8 Å². The van der Waals surface area contributed by atoms with Gasteiger partial charge in [-0.2, -0.15) is 0 Å². The smallest absolute Gasteiger partial charge is 0.339 e. The lowest BCUT2D eigenvalue weighted by molar-refractivity contribution is 0.0697. The fourth-order valence-electron chi connectivity index (χ4n) is 1.90. The first-order valence-corrected chi connectivity index (χ1v) is 6.48. The maximum absolute atomic E-state index is 11.3. The maximum Gasteiger partial charge on any atom is 0.339 e. The van der Waals surface area contributed by atoms with E-state index in [1.165, 1.54) is 6.20 Å². The van der Waals surface area contributed by atoms with Crippen molar-refractivity contribution in [3.63, 3.8) is 0 Å². The third-order valence-electron chi connectivity index (χ3n) is 2.77. The zero-order chi connectivity index (χ0) is 14.4. The van der Waals surface area contributed by atoms with Crippen LogP contribution in [0.2, 0.25) is 0 Å². The van der Waals surface area contributed by atoms with Gasteiger partial charge in [-0.15, -0.1) is 0 Å². The van der Waals surface area contributed by atoms with Gasteiger partial charge in [-0.1, -0.05) is 13.8 Å². The Kier molecular flexibility index (Phi) is 5.76. The Morgan fingerprint density at radius 3 is 2.58 bits per heavy atom. The molecule has 0 fully saturated rings. The molecule has 19 heavy (non-hydrogen) atoms. The second-order valence-corrected chi connectivity index (χ2v) is 5.34. The van der Waals surface area contributed by atoms with E-state index in [-0.39, 0.29) is 5.56 Å². The molecular formula is C14H23N3O2. The molecule has 0 aliphatic carbocycles. The lowest BCUT2D eigenvalue weighted by atomic mass is 10.1. The van der Waals surface area contributed by atoms with E-state index in [1.807, 2.05) is 14.1 Å². The van der Waals surface area contributed by atoms with Crippen LogP contribution in [-0.4, -0.2) is 54.7 Å². The van der Waals surface area contributed by atoms with Crippen molar-refractivity contribution in [3.8, 4) is 0 Å². The first-order valence-electron chi connectivity index (χ1n) is 6.48. The number of carboxylic acids is 1. The summed E-state index contributed by atoms with van der Waals surface area (Å²) in [6.45, 7) is 6.77. The third kappa shape index (κ3) is 4.87. The maximum atomic E-state index is 11.3. The molecule has 1 heterocycles. The van der Waals surface area contributed by atoms with Crippen LogP contribution < -0.4 is 4.90 Å². The second-order valence-electron chi connectivity index (χ2n) is 5.34. The van der Waals surface area contributed by atoms with Crippen molar-refractivity contribution < 1.29 is 9.90 Å². The highest BCUT2D eigenvalue weighted by atomic mass is 16.4. The minimum atomic E-state index is -0.929. The topological polar surface area (TPSA) is 56.7 Å². The summed E-state index contributed by atoms with van der Waals surface area (Å²) in [4.78, 5) is 19.4. The van der Waals surface area contributed by atoms with Crippen LogP contribution in [0.25, 0.3) is 0 Å². The second kappa shape index (κ2) is 7.09. The van der Waals surface area contributed by atoms with E-state index in [0.717, 1.165) is 25.3 Å². The molecule has 1 aromatic rings. The number of aromatic nitrogens is 1. The van der Waals surface area contributed by atoms with Gasteiger partial charge in [0.1, 0.15) is 5.56 Å². The van der Waals surface area contributed by atoms with Crippen LogP contribution in [0.15, 0.2) is 18.5 Å². The molecule has 1 aromatic heterocycles. The Bertz CT molecular complexity index is 419. The fraction of sp³-hybridized carbons (Fsp3) is 0.571. The van der Waals surface area contributed by atoms with Crippen molar-refractivity contribution in [1.29, 1.82) is 0 Å². The minimum absolute atomic E-state index is 0.266. The molecule has 0 aliphatic heterocycles. The number of aromatic carboxylic acids is 1. The van der Waals surface area contributed by atoms with Gasteiger partial charge in [-0.3, -0.25) is 4.98 Å². The van der Waals surface area contributed by atoms with E-state index in [9.17, 15) is 9.90 Å². The predicted octanol–water partition coefficient (Wildman–Crippen LogP) is 1.80. The molecule has 0 spiro atoms. The number of nitrogens with zero attached hydrogens (tertiary/aromatic N) is 3. The van der Waals surface area contributed by atoms with Crippen LogP contribution in [0.4, 0.5) is 5.69 Å². The lowest BCUT2D eigenvalue weighted by Crippen LogP contribution is -2.35. The van der Waals surface area contributed by atoms with Crippen LogP contribution in [0.5, 0.6) is 0 Å². The summed E-state index contributed by atoms with van der Waals surface area (Å²) in [5, 5.41) is 9.25. The molecule has 0 bridgehead atoms. The molecule has 0 aromatic carbocycles. The SMILES string of the molecule is CC(C)CN(CCN(C)C)c1ccncc1C(=O)O. The van der Waals surface area contributed by atoms with E-state index >= 15 is 0 Å². The average molecular weight is 265 g/mol. The van der Waals surface area contributed by atoms with Gasteiger partial charge >= 0.3 is 5.97 Å². The van der Waals surface area contributed by atoms with Crippen molar-refractivity contribution in [3.05, 3.63) is 24.0 Å². The Morgan fingerprint density at radius 2 is 2.05 bits per heavy atom. The summed E-state index contributed by atoms with van der Waals surface area (Å²) in [6.07, 6.45) is 3.06. The van der Waals surface area contributed by atoms with Gasteiger partial charge in [0.05, 0.1) is 5.69 Å². The van der Waals surface area contributed by atoms with E-state index < -0.39 is 5.97 Å². The fourth-order valence-corrected chi connectivity index (χ4v) is 1.90. The molecule has 0 radical (unpaired) electrons. The van der Waals surface area contributed by atoms with Gasteiger partial charge in [0.2, 0.25) is 0 Å². The number of likely N-dealkylation sites (N-methyl/N-ethyl adjacent to an activating group) is 1. The third-order valence-corrected chi connectivity index (χ3v) is 2.77. The number of carboxylic acid groups (broad SMARTS) is 1. The average Bonchev–Trinajstić information content (AvgIpc) is 2.33. The van der Waals surface area contributed by atoms with Gasteiger partial charge in [0.15, 0.2) is 0 Å². The number of rotatable bonds is 7. The summed E-state index contributed by atoms with van der Waals surface area (Å²) >= 11 is 0. The summed E-state index contributed by atoms with van der Waals surface area (Å²) in [5.74, 6) is -0.460.